The van der Waals surface area contributed by atoms with Crippen LogP contribution in [0.1, 0.15) is 21.6 Å². The van der Waals surface area contributed by atoms with Crippen molar-refractivity contribution in [3.63, 3.8) is 0 Å². The minimum atomic E-state index is -0.553. The molecular weight excluding hydrogens is 258 g/mol. The van der Waals surface area contributed by atoms with Crippen molar-refractivity contribution in [1.29, 1.82) is 0 Å². The lowest BCUT2D eigenvalue weighted by molar-refractivity contribution is 0.0995. The highest BCUT2D eigenvalue weighted by Gasteiger charge is 2.10. The molecule has 4 nitrogen and oxygen atoms in total. The molecule has 0 aliphatic carbocycles. The Morgan fingerprint density at radius 3 is 2.63 bits per heavy atom. The van der Waals surface area contributed by atoms with Gasteiger partial charge in [0.15, 0.2) is 0 Å². The molecule has 0 aliphatic heterocycles. The second kappa shape index (κ2) is 5.32. The molecule has 0 saturated heterocycles. The van der Waals surface area contributed by atoms with E-state index < -0.39 is 5.91 Å². The normalized spacial score (nSPS) is 10.4. The van der Waals surface area contributed by atoms with Gasteiger partial charge in [0.2, 0.25) is 0 Å². The summed E-state index contributed by atoms with van der Waals surface area (Å²) in [6.45, 7) is 4.05. The van der Waals surface area contributed by atoms with Crippen LogP contribution in [-0.2, 0) is 0 Å². The highest BCUT2D eigenvalue weighted by atomic mass is 32.2. The predicted octanol–water partition coefficient (Wildman–Crippen LogP) is 2.53. The third kappa shape index (κ3) is 3.06. The van der Waals surface area contributed by atoms with Crippen LogP contribution >= 0.6 is 11.8 Å². The van der Waals surface area contributed by atoms with Crippen molar-refractivity contribution < 1.29 is 4.79 Å². The quantitative estimate of drug-likeness (QED) is 0.900. The standard InChI is InChI=1S/C14H15N3OS/c1-8-3-4-9(2)12(7-8)19-14-10(15)5-6-11(17-14)13(16)18/h3-7H,15H2,1-2H3,(H2,16,18). The molecule has 0 fully saturated rings. The van der Waals surface area contributed by atoms with Crippen LogP contribution in [0.15, 0.2) is 40.3 Å². The lowest BCUT2D eigenvalue weighted by Crippen LogP contribution is -2.13. The second-order valence-electron chi connectivity index (χ2n) is 4.33. The van der Waals surface area contributed by atoms with Crippen molar-refractivity contribution in [2.75, 3.05) is 5.73 Å². The van der Waals surface area contributed by atoms with Crippen molar-refractivity contribution >= 4 is 23.4 Å². The van der Waals surface area contributed by atoms with Crippen LogP contribution in [0, 0.1) is 13.8 Å². The molecule has 4 N–H and O–H groups in total. The monoisotopic (exact) mass is 273 g/mol. The number of amides is 1. The minimum absolute atomic E-state index is 0.224. The number of nitrogens with zero attached hydrogens (tertiary/aromatic N) is 1. The molecule has 0 saturated carbocycles. The zero-order chi connectivity index (χ0) is 14.0. The van der Waals surface area contributed by atoms with Crippen LogP contribution in [0.3, 0.4) is 0 Å². The van der Waals surface area contributed by atoms with Crippen molar-refractivity contribution in [1.82, 2.24) is 4.98 Å². The maximum absolute atomic E-state index is 11.1. The molecule has 1 aromatic carbocycles. The fourth-order valence-corrected chi connectivity index (χ4v) is 2.60. The summed E-state index contributed by atoms with van der Waals surface area (Å²) in [6, 6.07) is 9.35. The van der Waals surface area contributed by atoms with Gasteiger partial charge in [-0.05, 0) is 43.2 Å². The van der Waals surface area contributed by atoms with E-state index in [2.05, 4.69) is 17.1 Å². The highest BCUT2D eigenvalue weighted by Crippen LogP contribution is 2.33. The first kappa shape index (κ1) is 13.4. The number of primary amides is 1. The molecule has 0 atom stereocenters. The summed E-state index contributed by atoms with van der Waals surface area (Å²) in [4.78, 5) is 16.4. The third-order valence-corrected chi connectivity index (χ3v) is 3.87. The number of hydrogen-bond donors (Lipinski definition) is 2. The lowest BCUT2D eigenvalue weighted by atomic mass is 10.2. The van der Waals surface area contributed by atoms with Gasteiger partial charge >= 0.3 is 0 Å². The smallest absolute Gasteiger partial charge is 0.267 e. The van der Waals surface area contributed by atoms with E-state index >= 15 is 0 Å². The number of anilines is 1. The molecule has 2 rings (SSSR count). The Kier molecular flexibility index (Phi) is 3.76. The number of carbonyl (C=O) groups excluding carboxylic acids is 1. The number of benzene rings is 1. The first-order valence-electron chi connectivity index (χ1n) is 5.79. The molecule has 19 heavy (non-hydrogen) atoms. The van der Waals surface area contributed by atoms with Gasteiger partial charge in [-0.2, -0.15) is 0 Å². The molecule has 98 valence electrons. The number of nitrogens with two attached hydrogens (primary N) is 2. The van der Waals surface area contributed by atoms with Crippen LogP contribution in [-0.4, -0.2) is 10.9 Å². The van der Waals surface area contributed by atoms with Gasteiger partial charge in [-0.3, -0.25) is 4.79 Å². The Bertz CT molecular complexity index is 641. The lowest BCUT2D eigenvalue weighted by Gasteiger charge is -2.09. The van der Waals surface area contributed by atoms with Crippen LogP contribution in [0.25, 0.3) is 0 Å². The number of aryl methyl sites for hydroxylation is 2. The van der Waals surface area contributed by atoms with E-state index in [1.807, 2.05) is 19.9 Å². The number of carbonyl (C=O) groups is 1. The second-order valence-corrected chi connectivity index (χ2v) is 5.36. The van der Waals surface area contributed by atoms with E-state index in [-0.39, 0.29) is 5.69 Å². The Morgan fingerprint density at radius 1 is 1.21 bits per heavy atom. The molecule has 0 spiro atoms. The number of nitrogen functional groups attached to an aromatic ring is 1. The van der Waals surface area contributed by atoms with Crippen LogP contribution in [0.4, 0.5) is 5.69 Å². The van der Waals surface area contributed by atoms with E-state index in [4.69, 9.17) is 11.5 Å². The molecule has 5 heteroatoms. The van der Waals surface area contributed by atoms with Crippen molar-refractivity contribution in [3.05, 3.63) is 47.2 Å². The van der Waals surface area contributed by atoms with Gasteiger partial charge in [0, 0.05) is 4.90 Å². The molecule has 0 unspecified atom stereocenters. The van der Waals surface area contributed by atoms with E-state index in [9.17, 15) is 4.79 Å². The Morgan fingerprint density at radius 2 is 1.95 bits per heavy atom. The van der Waals surface area contributed by atoms with Gasteiger partial charge in [0.1, 0.15) is 10.7 Å². The summed E-state index contributed by atoms with van der Waals surface area (Å²) in [5.41, 5.74) is 14.2. The maximum Gasteiger partial charge on any atom is 0.267 e. The van der Waals surface area contributed by atoms with Gasteiger partial charge < -0.3 is 11.5 Å². The average molecular weight is 273 g/mol. The van der Waals surface area contributed by atoms with Gasteiger partial charge in [-0.15, -0.1) is 0 Å². The van der Waals surface area contributed by atoms with E-state index in [0.717, 1.165) is 16.0 Å². The van der Waals surface area contributed by atoms with Crippen molar-refractivity contribution in [2.45, 2.75) is 23.8 Å². The molecule has 2 aromatic rings. The van der Waals surface area contributed by atoms with Crippen LogP contribution in [0.5, 0.6) is 0 Å². The van der Waals surface area contributed by atoms with Crippen LogP contribution in [0.2, 0.25) is 0 Å². The molecule has 0 aliphatic rings. The maximum atomic E-state index is 11.1. The number of rotatable bonds is 3. The average Bonchev–Trinajstić information content (AvgIpc) is 2.36. The Labute approximate surface area is 116 Å². The minimum Gasteiger partial charge on any atom is -0.397 e. The zero-order valence-electron chi connectivity index (χ0n) is 10.8. The zero-order valence-corrected chi connectivity index (χ0v) is 11.6. The summed E-state index contributed by atoms with van der Waals surface area (Å²) in [5.74, 6) is -0.553. The van der Waals surface area contributed by atoms with E-state index in [1.54, 1.807) is 6.07 Å². The van der Waals surface area contributed by atoms with Gasteiger partial charge in [0.25, 0.3) is 5.91 Å². The van der Waals surface area contributed by atoms with Crippen LogP contribution < -0.4 is 11.5 Å². The summed E-state index contributed by atoms with van der Waals surface area (Å²) < 4.78 is 0. The topological polar surface area (TPSA) is 82.0 Å². The largest absolute Gasteiger partial charge is 0.397 e. The van der Waals surface area contributed by atoms with E-state index in [0.29, 0.717) is 10.7 Å². The molecule has 1 aromatic heterocycles. The summed E-state index contributed by atoms with van der Waals surface area (Å²) in [6.07, 6.45) is 0. The summed E-state index contributed by atoms with van der Waals surface area (Å²) in [5, 5.41) is 0.602. The van der Waals surface area contributed by atoms with E-state index in [1.165, 1.54) is 17.8 Å². The number of pyridine rings is 1. The van der Waals surface area contributed by atoms with Gasteiger partial charge in [0.05, 0.1) is 5.69 Å². The number of aromatic nitrogens is 1. The fraction of sp³-hybridized carbons (Fsp3) is 0.143. The first-order valence-corrected chi connectivity index (χ1v) is 6.60. The molecule has 0 bridgehead atoms. The SMILES string of the molecule is Cc1ccc(C)c(Sc2nc(C(N)=O)ccc2N)c1. The van der Waals surface area contributed by atoms with Gasteiger partial charge in [-0.1, -0.05) is 23.9 Å². The Hall–Kier alpha value is -2.01. The fourth-order valence-electron chi connectivity index (χ4n) is 1.59. The predicted molar refractivity (Wildman–Crippen MR) is 77.2 cm³/mol. The van der Waals surface area contributed by atoms with Crippen molar-refractivity contribution in [3.8, 4) is 0 Å². The highest BCUT2D eigenvalue weighted by molar-refractivity contribution is 7.99. The molecule has 1 amide bonds. The third-order valence-electron chi connectivity index (χ3n) is 2.69. The summed E-state index contributed by atoms with van der Waals surface area (Å²) in [7, 11) is 0. The molecule has 1 heterocycles. The summed E-state index contributed by atoms with van der Waals surface area (Å²) >= 11 is 1.44. The molecular formula is C14H15N3OS. The first-order chi connectivity index (χ1) is 8.97. The number of hydrogen-bond acceptors (Lipinski definition) is 4. The Balaban J connectivity index is 2.40. The molecule has 0 radical (unpaired) electrons. The van der Waals surface area contributed by atoms with Crippen molar-refractivity contribution in [2.24, 2.45) is 5.73 Å². The van der Waals surface area contributed by atoms with Gasteiger partial charge in [-0.25, -0.2) is 4.98 Å².